The highest BCUT2D eigenvalue weighted by molar-refractivity contribution is 6.00. The summed E-state index contributed by atoms with van der Waals surface area (Å²) in [7, 11) is 0. The van der Waals surface area contributed by atoms with E-state index in [4.69, 9.17) is 5.73 Å². The Hall–Kier alpha value is -3.04. The van der Waals surface area contributed by atoms with Crippen molar-refractivity contribution in [3.63, 3.8) is 0 Å². The molecule has 0 unspecified atom stereocenters. The number of nitro benzene ring substituents is 1. The number of nitrogen functional groups attached to an aromatic ring is 1. The van der Waals surface area contributed by atoms with Gasteiger partial charge in [-0.05, 0) is 6.07 Å². The molecular weight excluding hydrogens is 254 g/mol. The molecule has 98 valence electrons. The van der Waals surface area contributed by atoms with Crippen molar-refractivity contribution in [1.82, 2.24) is 25.9 Å². The van der Waals surface area contributed by atoms with E-state index in [9.17, 15) is 14.9 Å². The monoisotopic (exact) mass is 263 g/mol. The molecule has 19 heavy (non-hydrogen) atoms. The molecule has 1 amide bonds. The van der Waals surface area contributed by atoms with Gasteiger partial charge in [0.1, 0.15) is 5.69 Å². The van der Waals surface area contributed by atoms with E-state index in [0.29, 0.717) is 0 Å². The second-order valence-electron chi connectivity index (χ2n) is 3.51. The van der Waals surface area contributed by atoms with E-state index in [-0.39, 0.29) is 29.3 Å². The maximum Gasteiger partial charge on any atom is 0.292 e. The van der Waals surface area contributed by atoms with Crippen molar-refractivity contribution >= 4 is 17.3 Å². The number of tetrazole rings is 1. The Bertz CT molecular complexity index is 610. The van der Waals surface area contributed by atoms with Gasteiger partial charge in [-0.3, -0.25) is 14.9 Å². The van der Waals surface area contributed by atoms with Crippen LogP contribution in [0.3, 0.4) is 0 Å². The molecule has 0 aliphatic carbocycles. The van der Waals surface area contributed by atoms with Crippen molar-refractivity contribution in [1.29, 1.82) is 0 Å². The van der Waals surface area contributed by atoms with Crippen molar-refractivity contribution in [2.24, 2.45) is 0 Å². The van der Waals surface area contributed by atoms with Crippen LogP contribution in [0.25, 0.3) is 0 Å². The molecule has 10 nitrogen and oxygen atoms in total. The number of rotatable bonds is 4. The van der Waals surface area contributed by atoms with Gasteiger partial charge in [-0.15, -0.1) is 10.2 Å². The van der Waals surface area contributed by atoms with Gasteiger partial charge in [-0.25, -0.2) is 0 Å². The third-order valence-electron chi connectivity index (χ3n) is 2.32. The highest BCUT2D eigenvalue weighted by Gasteiger charge is 2.18. The van der Waals surface area contributed by atoms with Gasteiger partial charge in [0, 0.05) is 6.07 Å². The zero-order chi connectivity index (χ0) is 13.8. The Labute approximate surface area is 106 Å². The zero-order valence-electron chi connectivity index (χ0n) is 9.53. The predicted octanol–water partition coefficient (Wildman–Crippen LogP) is -0.380. The van der Waals surface area contributed by atoms with Crippen LogP contribution in [-0.2, 0) is 6.54 Å². The zero-order valence-corrected chi connectivity index (χ0v) is 9.53. The third kappa shape index (κ3) is 2.62. The molecule has 4 N–H and O–H groups in total. The van der Waals surface area contributed by atoms with E-state index in [2.05, 4.69) is 25.9 Å². The number of H-pyrrole nitrogens is 1. The highest BCUT2D eigenvalue weighted by atomic mass is 16.6. The molecular formula is C9H9N7O3. The number of aromatic nitrogens is 4. The van der Waals surface area contributed by atoms with Gasteiger partial charge in [0.15, 0.2) is 5.82 Å². The fourth-order valence-corrected chi connectivity index (χ4v) is 1.42. The lowest BCUT2D eigenvalue weighted by Crippen LogP contribution is -2.24. The Balaban J connectivity index is 2.15. The lowest BCUT2D eigenvalue weighted by atomic mass is 10.1. The smallest absolute Gasteiger partial charge is 0.292 e. The van der Waals surface area contributed by atoms with Gasteiger partial charge in [0.05, 0.1) is 17.0 Å². The molecule has 0 saturated heterocycles. The largest absolute Gasteiger partial charge is 0.393 e. The summed E-state index contributed by atoms with van der Waals surface area (Å²) in [5, 5.41) is 26.0. The number of aromatic amines is 1. The van der Waals surface area contributed by atoms with Crippen LogP contribution in [0.2, 0.25) is 0 Å². The average molecular weight is 263 g/mol. The van der Waals surface area contributed by atoms with Gasteiger partial charge in [0.2, 0.25) is 0 Å². The quantitative estimate of drug-likeness (QED) is 0.386. The highest BCUT2D eigenvalue weighted by Crippen LogP contribution is 2.24. The summed E-state index contributed by atoms with van der Waals surface area (Å²) in [4.78, 5) is 21.9. The molecule has 0 aliphatic rings. The van der Waals surface area contributed by atoms with E-state index in [1.165, 1.54) is 18.2 Å². The number of amides is 1. The molecule has 0 atom stereocenters. The number of nitrogens with two attached hydrogens (primary N) is 1. The molecule has 2 rings (SSSR count). The molecule has 0 saturated carbocycles. The first kappa shape index (κ1) is 12.4. The van der Waals surface area contributed by atoms with Crippen LogP contribution >= 0.6 is 0 Å². The first-order valence-corrected chi connectivity index (χ1v) is 5.13. The molecule has 1 aromatic carbocycles. The summed E-state index contributed by atoms with van der Waals surface area (Å²) in [6.45, 7) is 0.0392. The predicted molar refractivity (Wildman–Crippen MR) is 62.9 cm³/mol. The maximum atomic E-state index is 11.8. The van der Waals surface area contributed by atoms with Crippen molar-refractivity contribution in [2.45, 2.75) is 6.54 Å². The van der Waals surface area contributed by atoms with Gasteiger partial charge < -0.3 is 11.1 Å². The van der Waals surface area contributed by atoms with E-state index in [1.807, 2.05) is 0 Å². The molecule has 1 heterocycles. The lowest BCUT2D eigenvalue weighted by Gasteiger charge is -2.05. The second-order valence-corrected chi connectivity index (χ2v) is 3.51. The number of anilines is 1. The number of para-hydroxylation sites is 1. The minimum absolute atomic E-state index is 0.0256. The fourth-order valence-electron chi connectivity index (χ4n) is 1.42. The van der Waals surface area contributed by atoms with Crippen LogP contribution in [0.15, 0.2) is 18.2 Å². The topological polar surface area (TPSA) is 153 Å². The molecule has 10 heteroatoms. The number of carbonyl (C=O) groups is 1. The number of nitrogens with zero attached hydrogens (tertiary/aromatic N) is 4. The van der Waals surface area contributed by atoms with Gasteiger partial charge in [0.25, 0.3) is 11.6 Å². The Morgan fingerprint density at radius 3 is 2.95 bits per heavy atom. The third-order valence-corrected chi connectivity index (χ3v) is 2.32. The van der Waals surface area contributed by atoms with Crippen LogP contribution in [-0.4, -0.2) is 31.5 Å². The summed E-state index contributed by atoms with van der Waals surface area (Å²) >= 11 is 0. The minimum Gasteiger partial charge on any atom is -0.393 e. The van der Waals surface area contributed by atoms with Crippen molar-refractivity contribution in [2.75, 3.05) is 5.73 Å². The minimum atomic E-state index is -0.648. The van der Waals surface area contributed by atoms with Crippen molar-refractivity contribution in [3.8, 4) is 0 Å². The Morgan fingerprint density at radius 2 is 2.32 bits per heavy atom. The molecule has 0 aliphatic heterocycles. The lowest BCUT2D eigenvalue weighted by molar-refractivity contribution is -0.383. The van der Waals surface area contributed by atoms with Crippen LogP contribution in [0.4, 0.5) is 11.4 Å². The van der Waals surface area contributed by atoms with Gasteiger partial charge >= 0.3 is 0 Å². The number of nitro groups is 1. The number of nitrogens with one attached hydrogen (secondary N) is 2. The van der Waals surface area contributed by atoms with E-state index < -0.39 is 10.8 Å². The van der Waals surface area contributed by atoms with Crippen molar-refractivity contribution < 1.29 is 9.72 Å². The summed E-state index contributed by atoms with van der Waals surface area (Å²) in [6, 6.07) is 4.01. The molecule has 0 spiro atoms. The first-order valence-electron chi connectivity index (χ1n) is 5.13. The average Bonchev–Trinajstić information content (AvgIpc) is 2.89. The molecule has 2 aromatic rings. The first-order chi connectivity index (χ1) is 9.09. The molecule has 1 aromatic heterocycles. The Kier molecular flexibility index (Phi) is 3.32. The van der Waals surface area contributed by atoms with Crippen LogP contribution < -0.4 is 11.1 Å². The number of benzene rings is 1. The second kappa shape index (κ2) is 5.08. The maximum absolute atomic E-state index is 11.8. The van der Waals surface area contributed by atoms with Crippen LogP contribution in [0.5, 0.6) is 0 Å². The Morgan fingerprint density at radius 1 is 1.53 bits per heavy atom. The van der Waals surface area contributed by atoms with E-state index >= 15 is 0 Å². The van der Waals surface area contributed by atoms with E-state index in [1.54, 1.807) is 0 Å². The van der Waals surface area contributed by atoms with Gasteiger partial charge in [-0.1, -0.05) is 11.3 Å². The SMILES string of the molecule is Nc1c(C(=O)NCc2nn[nH]n2)cccc1[N+](=O)[O-]. The van der Waals surface area contributed by atoms with Crippen LogP contribution in [0.1, 0.15) is 16.2 Å². The fraction of sp³-hybridized carbons (Fsp3) is 0.111. The standard InChI is InChI=1S/C9H9N7O3/c10-8-5(2-1-3-6(8)16(18)19)9(17)11-4-7-12-14-15-13-7/h1-3H,4,10H2,(H,11,17)(H,12,13,14,15). The van der Waals surface area contributed by atoms with Gasteiger partial charge in [-0.2, -0.15) is 5.21 Å². The summed E-state index contributed by atoms with van der Waals surface area (Å²) < 4.78 is 0. The summed E-state index contributed by atoms with van der Waals surface area (Å²) in [6.07, 6.45) is 0. The number of hydrogen-bond donors (Lipinski definition) is 3. The number of hydrogen-bond acceptors (Lipinski definition) is 7. The summed E-state index contributed by atoms with van der Waals surface area (Å²) in [5.41, 5.74) is 5.11. The normalized spacial score (nSPS) is 10.1. The summed E-state index contributed by atoms with van der Waals surface area (Å²) in [5.74, 6) is -0.261. The molecule has 0 fully saturated rings. The van der Waals surface area contributed by atoms with E-state index in [0.717, 1.165) is 0 Å². The number of carbonyl (C=O) groups excluding carboxylic acids is 1. The molecule has 0 bridgehead atoms. The van der Waals surface area contributed by atoms with Crippen LogP contribution in [0, 0.1) is 10.1 Å². The van der Waals surface area contributed by atoms with Crippen molar-refractivity contribution in [3.05, 3.63) is 39.7 Å². The molecule has 0 radical (unpaired) electrons.